The van der Waals surface area contributed by atoms with E-state index in [1.54, 1.807) is 12.5 Å². The number of carbonyl (C=O) groups is 1. The third kappa shape index (κ3) is 3.94. The van der Waals surface area contributed by atoms with Crippen molar-refractivity contribution in [2.24, 2.45) is 5.41 Å². The molecule has 3 rings (SSSR count). The second-order valence-electron chi connectivity index (χ2n) is 8.44. The number of esters is 1. The van der Waals surface area contributed by atoms with Crippen LogP contribution in [0.3, 0.4) is 0 Å². The Labute approximate surface area is 150 Å². The van der Waals surface area contributed by atoms with Crippen LogP contribution in [-0.4, -0.2) is 21.1 Å². The molecule has 2 aromatic rings. The predicted octanol–water partition coefficient (Wildman–Crippen LogP) is 5.01. The van der Waals surface area contributed by atoms with Crippen LogP contribution >= 0.6 is 0 Å². The first-order valence-electron chi connectivity index (χ1n) is 9.10. The minimum atomic E-state index is -0.305. The van der Waals surface area contributed by atoms with Crippen molar-refractivity contribution < 1.29 is 9.53 Å². The Kier molecular flexibility index (Phi) is 4.72. The zero-order valence-corrected chi connectivity index (χ0v) is 15.7. The van der Waals surface area contributed by atoms with Gasteiger partial charge < -0.3 is 9.30 Å². The number of hydrogen-bond acceptors (Lipinski definition) is 3. The lowest BCUT2D eigenvalue weighted by molar-refractivity contribution is -0.0837. The smallest absolute Gasteiger partial charge is 0.357 e. The van der Waals surface area contributed by atoms with Gasteiger partial charge >= 0.3 is 5.97 Å². The summed E-state index contributed by atoms with van der Waals surface area (Å²) in [5.74, 6) is -0.260. The van der Waals surface area contributed by atoms with Crippen molar-refractivity contribution in [3.8, 4) is 0 Å². The molecule has 0 radical (unpaired) electrons. The molecule has 4 nitrogen and oxygen atoms in total. The molecular formula is C21H28N2O2. The molecule has 1 aromatic heterocycles. The fourth-order valence-electron chi connectivity index (χ4n) is 3.76. The summed E-state index contributed by atoms with van der Waals surface area (Å²) in [5, 5.41) is 0. The van der Waals surface area contributed by atoms with Gasteiger partial charge in [-0.05, 0) is 43.6 Å². The number of imidazole rings is 1. The molecule has 0 N–H and O–H groups in total. The molecule has 1 aliphatic carbocycles. The van der Waals surface area contributed by atoms with Gasteiger partial charge in [0.05, 0.1) is 18.6 Å². The predicted molar refractivity (Wildman–Crippen MR) is 98.6 cm³/mol. The second-order valence-corrected chi connectivity index (χ2v) is 8.44. The van der Waals surface area contributed by atoms with E-state index in [9.17, 15) is 4.79 Å². The summed E-state index contributed by atoms with van der Waals surface area (Å²) in [5.41, 5.74) is 1.50. The summed E-state index contributed by atoms with van der Waals surface area (Å²) in [6, 6.07) is 10.2. The first kappa shape index (κ1) is 17.7. The van der Waals surface area contributed by atoms with Gasteiger partial charge in [0.2, 0.25) is 0 Å². The van der Waals surface area contributed by atoms with E-state index >= 15 is 0 Å². The Bertz CT molecular complexity index is 724. The van der Waals surface area contributed by atoms with Crippen molar-refractivity contribution in [1.29, 1.82) is 0 Å². The SMILES string of the molecule is C[C@H](c1ccccc1)n1cncc1C(=O)OC1(CC(C)(C)C)CCC1. The fraction of sp³-hybridized carbons (Fsp3) is 0.524. The maximum Gasteiger partial charge on any atom is 0.357 e. The summed E-state index contributed by atoms with van der Waals surface area (Å²) < 4.78 is 7.93. The molecule has 1 saturated carbocycles. The largest absolute Gasteiger partial charge is 0.454 e. The molecule has 0 saturated heterocycles. The van der Waals surface area contributed by atoms with Gasteiger partial charge in [-0.3, -0.25) is 0 Å². The lowest BCUT2D eigenvalue weighted by atomic mass is 9.70. The number of rotatable bonds is 5. The van der Waals surface area contributed by atoms with E-state index in [1.807, 2.05) is 22.8 Å². The van der Waals surface area contributed by atoms with Crippen molar-refractivity contribution >= 4 is 5.97 Å². The molecule has 25 heavy (non-hydrogen) atoms. The van der Waals surface area contributed by atoms with E-state index in [0.717, 1.165) is 31.2 Å². The number of carbonyl (C=O) groups excluding carboxylic acids is 1. The second kappa shape index (κ2) is 6.66. The van der Waals surface area contributed by atoms with Gasteiger partial charge in [-0.1, -0.05) is 51.1 Å². The van der Waals surface area contributed by atoms with Gasteiger partial charge in [0.1, 0.15) is 11.3 Å². The molecule has 1 fully saturated rings. The number of aromatic nitrogens is 2. The van der Waals surface area contributed by atoms with Gasteiger partial charge in [0.25, 0.3) is 0 Å². The van der Waals surface area contributed by atoms with Crippen LogP contribution in [0.5, 0.6) is 0 Å². The van der Waals surface area contributed by atoms with Crippen molar-refractivity contribution in [2.45, 2.75) is 65.0 Å². The van der Waals surface area contributed by atoms with Gasteiger partial charge in [0.15, 0.2) is 0 Å². The van der Waals surface area contributed by atoms with Crippen LogP contribution in [0.15, 0.2) is 42.9 Å². The Morgan fingerprint density at radius 3 is 2.52 bits per heavy atom. The Morgan fingerprint density at radius 2 is 1.96 bits per heavy atom. The first-order valence-corrected chi connectivity index (χ1v) is 9.10. The van der Waals surface area contributed by atoms with Crippen LogP contribution in [0.25, 0.3) is 0 Å². The number of hydrogen-bond donors (Lipinski definition) is 0. The van der Waals surface area contributed by atoms with E-state index in [2.05, 4.69) is 44.8 Å². The van der Waals surface area contributed by atoms with Gasteiger partial charge in [-0.2, -0.15) is 0 Å². The topological polar surface area (TPSA) is 44.1 Å². The lowest BCUT2D eigenvalue weighted by Crippen LogP contribution is -2.45. The van der Waals surface area contributed by atoms with Crippen LogP contribution in [0, 0.1) is 5.41 Å². The van der Waals surface area contributed by atoms with Crippen LogP contribution in [0.4, 0.5) is 0 Å². The van der Waals surface area contributed by atoms with E-state index in [1.165, 1.54) is 0 Å². The summed E-state index contributed by atoms with van der Waals surface area (Å²) in [4.78, 5) is 17.1. The van der Waals surface area contributed by atoms with Crippen LogP contribution in [0.1, 0.15) is 75.5 Å². The Balaban J connectivity index is 1.79. The maximum absolute atomic E-state index is 12.9. The molecular weight excluding hydrogens is 312 g/mol. The highest BCUT2D eigenvalue weighted by molar-refractivity contribution is 5.87. The molecule has 1 heterocycles. The highest BCUT2D eigenvalue weighted by Crippen LogP contribution is 2.44. The summed E-state index contributed by atoms with van der Waals surface area (Å²) in [7, 11) is 0. The number of nitrogens with zero attached hydrogens (tertiary/aromatic N) is 2. The van der Waals surface area contributed by atoms with Gasteiger partial charge in [0, 0.05) is 0 Å². The number of ether oxygens (including phenoxy) is 1. The molecule has 0 aliphatic heterocycles. The van der Waals surface area contributed by atoms with Crippen molar-refractivity contribution in [2.75, 3.05) is 0 Å². The molecule has 0 amide bonds. The molecule has 1 aromatic carbocycles. The van der Waals surface area contributed by atoms with Crippen LogP contribution < -0.4 is 0 Å². The summed E-state index contributed by atoms with van der Waals surface area (Å²) in [6.07, 6.45) is 7.27. The highest BCUT2D eigenvalue weighted by atomic mass is 16.6. The minimum Gasteiger partial charge on any atom is -0.454 e. The third-order valence-electron chi connectivity index (χ3n) is 5.00. The molecule has 0 bridgehead atoms. The van der Waals surface area contributed by atoms with Gasteiger partial charge in [-0.25, -0.2) is 9.78 Å². The number of benzene rings is 1. The van der Waals surface area contributed by atoms with E-state index < -0.39 is 0 Å². The molecule has 1 aliphatic rings. The lowest BCUT2D eigenvalue weighted by Gasteiger charge is -2.44. The van der Waals surface area contributed by atoms with Crippen molar-refractivity contribution in [1.82, 2.24) is 9.55 Å². The van der Waals surface area contributed by atoms with E-state index in [4.69, 9.17) is 4.74 Å². The maximum atomic E-state index is 12.9. The molecule has 0 spiro atoms. The van der Waals surface area contributed by atoms with Crippen LogP contribution in [0.2, 0.25) is 0 Å². The van der Waals surface area contributed by atoms with E-state index in [0.29, 0.717) is 5.69 Å². The summed E-state index contributed by atoms with van der Waals surface area (Å²) in [6.45, 7) is 8.66. The normalized spacial score (nSPS) is 17.6. The zero-order valence-electron chi connectivity index (χ0n) is 15.7. The zero-order chi connectivity index (χ0) is 18.1. The third-order valence-corrected chi connectivity index (χ3v) is 5.00. The monoisotopic (exact) mass is 340 g/mol. The van der Waals surface area contributed by atoms with Crippen molar-refractivity contribution in [3.63, 3.8) is 0 Å². The van der Waals surface area contributed by atoms with Crippen molar-refractivity contribution in [3.05, 3.63) is 54.1 Å². The first-order chi connectivity index (χ1) is 11.8. The average molecular weight is 340 g/mol. The molecule has 134 valence electrons. The highest BCUT2D eigenvalue weighted by Gasteiger charge is 2.44. The summed E-state index contributed by atoms with van der Waals surface area (Å²) >= 11 is 0. The minimum absolute atomic E-state index is 0.0335. The molecule has 0 unspecified atom stereocenters. The Hall–Kier alpha value is -2.10. The quantitative estimate of drug-likeness (QED) is 0.719. The van der Waals surface area contributed by atoms with E-state index in [-0.39, 0.29) is 23.0 Å². The van der Waals surface area contributed by atoms with Gasteiger partial charge in [-0.15, -0.1) is 0 Å². The fourth-order valence-corrected chi connectivity index (χ4v) is 3.76. The Morgan fingerprint density at radius 1 is 1.28 bits per heavy atom. The standard InChI is InChI=1S/C21H28N2O2/c1-16(17-9-6-5-7-10-17)23-15-22-13-18(23)19(24)25-21(11-8-12-21)14-20(2,3)4/h5-7,9-10,13,15-16H,8,11-12,14H2,1-4H3/t16-/m1/s1. The molecule has 1 atom stereocenters. The van der Waals surface area contributed by atoms with Crippen LogP contribution in [-0.2, 0) is 4.74 Å². The molecule has 4 heteroatoms. The average Bonchev–Trinajstić information content (AvgIpc) is 3.01.